The number of Topliss-reactive ketones (excluding diaryl/α,β-unsaturated/α-hetero) is 1. The van der Waals surface area contributed by atoms with Crippen LogP contribution in [-0.4, -0.2) is 40.1 Å². The van der Waals surface area contributed by atoms with E-state index in [2.05, 4.69) is 0 Å². The number of pyridine rings is 1. The fourth-order valence-corrected chi connectivity index (χ4v) is 6.13. The van der Waals surface area contributed by atoms with E-state index in [1.807, 2.05) is 0 Å². The Bertz CT molecular complexity index is 1830. The van der Waals surface area contributed by atoms with Gasteiger partial charge in [-0.15, -0.1) is 0 Å². The van der Waals surface area contributed by atoms with E-state index in [4.69, 9.17) is 21.3 Å². The number of carbonyl (C=O) groups is 4. The molecule has 222 valence electrons. The van der Waals surface area contributed by atoms with E-state index in [0.717, 1.165) is 25.7 Å². The van der Waals surface area contributed by atoms with Crippen molar-refractivity contribution >= 4 is 57.4 Å². The number of carbonyl (C=O) groups excluding carboxylic acids is 4. The normalized spacial score (nSPS) is 17.9. The highest BCUT2D eigenvalue weighted by Crippen LogP contribution is 2.40. The first-order valence-electron chi connectivity index (χ1n) is 14.2. The lowest BCUT2D eigenvalue weighted by atomic mass is 9.81. The summed E-state index contributed by atoms with van der Waals surface area (Å²) in [6.07, 6.45) is 3.34. The number of anilines is 1. The minimum Gasteiger partial charge on any atom is -0.454 e. The minimum absolute atomic E-state index is 0.158. The van der Waals surface area contributed by atoms with Crippen molar-refractivity contribution in [2.75, 3.05) is 11.5 Å². The number of esters is 1. The van der Waals surface area contributed by atoms with E-state index >= 15 is 0 Å². The average molecular weight is 612 g/mol. The number of halogens is 1. The summed E-state index contributed by atoms with van der Waals surface area (Å²) in [5.41, 5.74) is 2.84. The third-order valence-corrected chi connectivity index (χ3v) is 8.79. The molecule has 1 saturated heterocycles. The Morgan fingerprint density at radius 3 is 2.23 bits per heavy atom. The Morgan fingerprint density at radius 2 is 1.61 bits per heavy atom. The number of benzene rings is 3. The van der Waals surface area contributed by atoms with Crippen LogP contribution in [0.25, 0.3) is 22.2 Å². The van der Waals surface area contributed by atoms with E-state index < -0.39 is 23.3 Å². The number of nitrogens with zero attached hydrogens (tertiary/aromatic N) is 3. The zero-order chi connectivity index (χ0) is 31.1. The van der Waals surface area contributed by atoms with Crippen molar-refractivity contribution in [2.45, 2.75) is 32.6 Å². The number of hydrogen-bond donors (Lipinski definition) is 0. The van der Waals surface area contributed by atoms with Crippen LogP contribution in [0.1, 0.15) is 52.0 Å². The molecule has 0 spiro atoms. The number of nitro groups is 1. The summed E-state index contributed by atoms with van der Waals surface area (Å²) >= 11 is 6.38. The Morgan fingerprint density at radius 1 is 0.977 bits per heavy atom. The van der Waals surface area contributed by atoms with Crippen LogP contribution in [0.2, 0.25) is 5.02 Å². The lowest BCUT2D eigenvalue weighted by molar-refractivity contribution is -0.384. The average Bonchev–Trinajstić information content (AvgIpc) is 3.30. The van der Waals surface area contributed by atoms with Gasteiger partial charge in [-0.25, -0.2) is 9.78 Å². The number of aryl methyl sites for hydroxylation is 1. The predicted molar refractivity (Wildman–Crippen MR) is 163 cm³/mol. The summed E-state index contributed by atoms with van der Waals surface area (Å²) in [7, 11) is 0. The van der Waals surface area contributed by atoms with Gasteiger partial charge in [-0.05, 0) is 61.7 Å². The van der Waals surface area contributed by atoms with Crippen molar-refractivity contribution < 1.29 is 28.8 Å². The molecule has 2 amide bonds. The van der Waals surface area contributed by atoms with Gasteiger partial charge < -0.3 is 4.74 Å². The SMILES string of the molecule is Cc1c(Cl)ccc2c(C(=O)OCC(=O)c3ccc([N+](=O)[O-])cc3)cc(-c3ccc(N4C(=O)C5CCCCC5C4=O)cc3)nc12. The molecule has 2 fully saturated rings. The van der Waals surface area contributed by atoms with Gasteiger partial charge in [0.15, 0.2) is 12.4 Å². The molecular formula is C33H26ClN3O7. The van der Waals surface area contributed by atoms with Gasteiger partial charge in [-0.1, -0.05) is 42.6 Å². The summed E-state index contributed by atoms with van der Waals surface area (Å²) in [5.74, 6) is -2.11. The molecule has 1 saturated carbocycles. The molecule has 2 unspecified atom stereocenters. The van der Waals surface area contributed by atoms with Gasteiger partial charge in [0, 0.05) is 33.7 Å². The third-order valence-electron chi connectivity index (χ3n) is 8.39. The molecule has 0 N–H and O–H groups in total. The van der Waals surface area contributed by atoms with Crippen molar-refractivity contribution in [2.24, 2.45) is 11.8 Å². The number of non-ortho nitro benzene ring substituents is 1. The van der Waals surface area contributed by atoms with E-state index in [1.54, 1.807) is 49.4 Å². The standard InChI is InChI=1S/C33H26ClN3O7/c1-18-27(34)15-14-23-26(33(41)44-17-29(38)20-8-12-22(13-9-20)37(42)43)16-28(35-30(18)23)19-6-10-21(11-7-19)36-31(39)24-4-2-3-5-25(24)32(36)40/h6-16,24-25H,2-5,17H2,1H3. The second-order valence-electron chi connectivity index (χ2n) is 11.0. The van der Waals surface area contributed by atoms with Crippen LogP contribution < -0.4 is 4.90 Å². The van der Waals surface area contributed by atoms with Crippen LogP contribution in [-0.2, 0) is 14.3 Å². The molecule has 2 heterocycles. The lowest BCUT2D eigenvalue weighted by Gasteiger charge is -2.19. The predicted octanol–water partition coefficient (Wildman–Crippen LogP) is 6.49. The fourth-order valence-electron chi connectivity index (χ4n) is 5.98. The molecule has 44 heavy (non-hydrogen) atoms. The fraction of sp³-hybridized carbons (Fsp3) is 0.242. The maximum absolute atomic E-state index is 13.3. The van der Waals surface area contributed by atoms with Crippen LogP contribution >= 0.6 is 11.6 Å². The van der Waals surface area contributed by atoms with E-state index in [9.17, 15) is 29.3 Å². The van der Waals surface area contributed by atoms with Crippen LogP contribution in [0.3, 0.4) is 0 Å². The molecule has 4 aromatic rings. The zero-order valence-corrected chi connectivity index (χ0v) is 24.4. The molecule has 2 atom stereocenters. The van der Waals surface area contributed by atoms with Crippen molar-refractivity contribution in [3.63, 3.8) is 0 Å². The van der Waals surface area contributed by atoms with Crippen molar-refractivity contribution in [3.05, 3.63) is 98.6 Å². The van der Waals surface area contributed by atoms with Crippen LogP contribution in [0, 0.1) is 28.9 Å². The number of nitro benzene ring substituents is 1. The number of amides is 2. The number of ether oxygens (including phenoxy) is 1. The first kappa shape index (κ1) is 29.1. The molecule has 3 aromatic carbocycles. The Hall–Kier alpha value is -4.96. The van der Waals surface area contributed by atoms with E-state index in [-0.39, 0.29) is 40.5 Å². The van der Waals surface area contributed by atoms with Gasteiger partial charge in [0.05, 0.1) is 39.2 Å². The monoisotopic (exact) mass is 611 g/mol. The molecule has 10 nitrogen and oxygen atoms in total. The summed E-state index contributed by atoms with van der Waals surface area (Å²) < 4.78 is 5.38. The molecule has 2 aliphatic rings. The van der Waals surface area contributed by atoms with Crippen LogP contribution in [0.4, 0.5) is 11.4 Å². The van der Waals surface area contributed by atoms with Crippen molar-refractivity contribution in [1.82, 2.24) is 4.98 Å². The van der Waals surface area contributed by atoms with Crippen molar-refractivity contribution in [1.29, 1.82) is 0 Å². The maximum atomic E-state index is 13.3. The highest BCUT2D eigenvalue weighted by Gasteiger charge is 2.48. The second kappa shape index (κ2) is 11.6. The summed E-state index contributed by atoms with van der Waals surface area (Å²) in [4.78, 5) is 68.5. The summed E-state index contributed by atoms with van der Waals surface area (Å²) in [6, 6.07) is 16.7. The molecule has 1 aliphatic heterocycles. The van der Waals surface area contributed by atoms with Gasteiger partial charge in [0.1, 0.15) is 0 Å². The highest BCUT2D eigenvalue weighted by atomic mass is 35.5. The van der Waals surface area contributed by atoms with Gasteiger partial charge in [-0.2, -0.15) is 0 Å². The number of fused-ring (bicyclic) bond motifs is 2. The first-order chi connectivity index (χ1) is 21.1. The van der Waals surface area contributed by atoms with E-state index in [1.165, 1.54) is 29.2 Å². The number of aromatic nitrogens is 1. The summed E-state index contributed by atoms with van der Waals surface area (Å²) in [6.45, 7) is 1.21. The van der Waals surface area contributed by atoms with Gasteiger partial charge in [0.2, 0.25) is 11.8 Å². The number of imide groups is 1. The number of ketones is 1. The molecule has 6 rings (SSSR count). The molecule has 1 aromatic heterocycles. The topological polar surface area (TPSA) is 137 Å². The second-order valence-corrected chi connectivity index (χ2v) is 11.4. The Kier molecular flexibility index (Phi) is 7.69. The highest BCUT2D eigenvalue weighted by molar-refractivity contribution is 6.32. The summed E-state index contributed by atoms with van der Waals surface area (Å²) in [5, 5.41) is 11.8. The molecule has 1 aliphatic carbocycles. The molecular weight excluding hydrogens is 586 g/mol. The lowest BCUT2D eigenvalue weighted by Crippen LogP contribution is -2.30. The third kappa shape index (κ3) is 5.22. The first-order valence-corrected chi connectivity index (χ1v) is 14.5. The molecule has 0 bridgehead atoms. The van der Waals surface area contributed by atoms with Gasteiger partial charge >= 0.3 is 5.97 Å². The number of hydrogen-bond acceptors (Lipinski definition) is 8. The number of rotatable bonds is 7. The molecule has 11 heteroatoms. The quantitative estimate of drug-likeness (QED) is 0.0760. The Labute approximate surface area is 256 Å². The zero-order valence-electron chi connectivity index (χ0n) is 23.6. The smallest absolute Gasteiger partial charge is 0.339 e. The van der Waals surface area contributed by atoms with Gasteiger partial charge in [-0.3, -0.25) is 29.4 Å². The van der Waals surface area contributed by atoms with Crippen LogP contribution in [0.5, 0.6) is 0 Å². The largest absolute Gasteiger partial charge is 0.454 e. The minimum atomic E-state index is -0.761. The van der Waals surface area contributed by atoms with E-state index in [0.29, 0.717) is 38.4 Å². The maximum Gasteiger partial charge on any atom is 0.339 e. The van der Waals surface area contributed by atoms with Gasteiger partial charge in [0.25, 0.3) is 5.69 Å². The Balaban J connectivity index is 1.28. The van der Waals surface area contributed by atoms with Crippen molar-refractivity contribution in [3.8, 4) is 11.3 Å². The van der Waals surface area contributed by atoms with Crippen LogP contribution in [0.15, 0.2) is 66.7 Å². The molecule has 0 radical (unpaired) electrons.